The van der Waals surface area contributed by atoms with Crippen LogP contribution in [0.3, 0.4) is 0 Å². The van der Waals surface area contributed by atoms with Crippen molar-refractivity contribution in [1.29, 1.82) is 0 Å². The molecule has 1 unspecified atom stereocenters. The molecule has 3 nitrogen and oxygen atoms in total. The van der Waals surface area contributed by atoms with Gasteiger partial charge in [0.15, 0.2) is 0 Å². The second-order valence-corrected chi connectivity index (χ2v) is 4.90. The molecule has 0 spiro atoms. The van der Waals surface area contributed by atoms with E-state index in [9.17, 15) is 4.79 Å². The molecule has 1 aromatic rings. The Morgan fingerprint density at radius 1 is 1.47 bits per heavy atom. The molecule has 0 saturated carbocycles. The average Bonchev–Trinajstić information content (AvgIpc) is 2.28. The van der Waals surface area contributed by atoms with Crippen molar-refractivity contribution in [2.75, 3.05) is 19.7 Å². The number of nitrogens with zero attached hydrogens (tertiary/aromatic N) is 1. The van der Waals surface area contributed by atoms with E-state index in [4.69, 9.17) is 27.9 Å². The van der Waals surface area contributed by atoms with Crippen LogP contribution in [-0.2, 0) is 4.74 Å². The molecule has 1 aliphatic heterocycles. The SMILES string of the molecule is CC1CN(C(=O)c2ccc(Cl)cc2Cl)CCO1. The molecule has 0 bridgehead atoms. The fourth-order valence-electron chi connectivity index (χ4n) is 1.84. The molecular formula is C12H13Cl2NO2. The number of ether oxygens (including phenoxy) is 1. The number of hydrogen-bond donors (Lipinski definition) is 0. The van der Waals surface area contributed by atoms with Crippen molar-refractivity contribution >= 4 is 29.1 Å². The Labute approximate surface area is 110 Å². The zero-order chi connectivity index (χ0) is 12.4. The first kappa shape index (κ1) is 12.7. The normalized spacial score (nSPS) is 20.4. The van der Waals surface area contributed by atoms with Gasteiger partial charge in [0, 0.05) is 18.1 Å². The lowest BCUT2D eigenvalue weighted by Gasteiger charge is -2.31. The quantitative estimate of drug-likeness (QED) is 0.788. The number of carbonyl (C=O) groups is 1. The van der Waals surface area contributed by atoms with E-state index >= 15 is 0 Å². The molecule has 0 aromatic heterocycles. The van der Waals surface area contributed by atoms with Crippen LogP contribution in [0.15, 0.2) is 18.2 Å². The van der Waals surface area contributed by atoms with Crippen LogP contribution in [0.2, 0.25) is 10.0 Å². The summed E-state index contributed by atoms with van der Waals surface area (Å²) in [4.78, 5) is 14.0. The monoisotopic (exact) mass is 273 g/mol. The molecule has 1 atom stereocenters. The van der Waals surface area contributed by atoms with Crippen molar-refractivity contribution in [3.63, 3.8) is 0 Å². The highest BCUT2D eigenvalue weighted by Crippen LogP contribution is 2.23. The molecule has 17 heavy (non-hydrogen) atoms. The highest BCUT2D eigenvalue weighted by molar-refractivity contribution is 6.36. The molecule has 2 rings (SSSR count). The summed E-state index contributed by atoms with van der Waals surface area (Å²) in [5.74, 6) is -0.0678. The molecule has 1 saturated heterocycles. The van der Waals surface area contributed by atoms with Gasteiger partial charge in [-0.15, -0.1) is 0 Å². The molecule has 1 aromatic carbocycles. The molecule has 0 N–H and O–H groups in total. The molecule has 1 fully saturated rings. The number of carbonyl (C=O) groups excluding carboxylic acids is 1. The van der Waals surface area contributed by atoms with Crippen molar-refractivity contribution in [3.05, 3.63) is 33.8 Å². The van der Waals surface area contributed by atoms with Crippen LogP contribution in [0.5, 0.6) is 0 Å². The standard InChI is InChI=1S/C12H13Cl2NO2/c1-8-7-15(4-5-17-8)12(16)10-3-2-9(13)6-11(10)14/h2-3,6,8H,4-5,7H2,1H3. The summed E-state index contributed by atoms with van der Waals surface area (Å²) >= 11 is 11.8. The lowest BCUT2D eigenvalue weighted by molar-refractivity contribution is -0.0124. The van der Waals surface area contributed by atoms with Gasteiger partial charge < -0.3 is 9.64 Å². The van der Waals surface area contributed by atoms with E-state index in [1.165, 1.54) is 0 Å². The minimum absolute atomic E-state index is 0.0678. The van der Waals surface area contributed by atoms with Crippen LogP contribution in [0.1, 0.15) is 17.3 Å². The topological polar surface area (TPSA) is 29.5 Å². The third-order valence-electron chi connectivity index (χ3n) is 2.69. The third kappa shape index (κ3) is 2.92. The van der Waals surface area contributed by atoms with Crippen LogP contribution in [0.4, 0.5) is 0 Å². The molecule has 5 heteroatoms. The maximum Gasteiger partial charge on any atom is 0.255 e. The Hall–Kier alpha value is -0.770. The van der Waals surface area contributed by atoms with E-state index in [0.717, 1.165) is 0 Å². The summed E-state index contributed by atoms with van der Waals surface area (Å²) in [6.45, 7) is 3.71. The van der Waals surface area contributed by atoms with Gasteiger partial charge in [-0.3, -0.25) is 4.79 Å². The summed E-state index contributed by atoms with van der Waals surface area (Å²) in [5, 5.41) is 0.920. The molecular weight excluding hydrogens is 261 g/mol. The Bertz CT molecular complexity index is 437. The summed E-state index contributed by atoms with van der Waals surface area (Å²) in [6.07, 6.45) is 0.0683. The van der Waals surface area contributed by atoms with Crippen LogP contribution in [-0.4, -0.2) is 36.6 Å². The number of benzene rings is 1. The smallest absolute Gasteiger partial charge is 0.255 e. The van der Waals surface area contributed by atoms with Crippen LogP contribution >= 0.6 is 23.2 Å². The summed E-state index contributed by atoms with van der Waals surface area (Å²) in [5.41, 5.74) is 0.491. The molecule has 0 radical (unpaired) electrons. The Kier molecular flexibility index (Phi) is 3.92. The number of halogens is 2. The van der Waals surface area contributed by atoms with Gasteiger partial charge >= 0.3 is 0 Å². The first-order chi connectivity index (χ1) is 8.08. The van der Waals surface area contributed by atoms with E-state index in [1.54, 1.807) is 23.1 Å². The van der Waals surface area contributed by atoms with Gasteiger partial charge in [0.25, 0.3) is 5.91 Å². The maximum absolute atomic E-state index is 12.2. The Morgan fingerprint density at radius 3 is 2.88 bits per heavy atom. The zero-order valence-electron chi connectivity index (χ0n) is 9.45. The molecule has 0 aliphatic carbocycles. The summed E-state index contributed by atoms with van der Waals surface area (Å²) < 4.78 is 5.40. The lowest BCUT2D eigenvalue weighted by atomic mass is 10.1. The summed E-state index contributed by atoms with van der Waals surface area (Å²) in [7, 11) is 0. The van der Waals surface area contributed by atoms with Gasteiger partial charge in [-0.25, -0.2) is 0 Å². The van der Waals surface area contributed by atoms with Crippen molar-refractivity contribution in [2.45, 2.75) is 13.0 Å². The lowest BCUT2D eigenvalue weighted by Crippen LogP contribution is -2.44. The molecule has 1 heterocycles. The Balaban J connectivity index is 2.18. The van der Waals surface area contributed by atoms with Crippen LogP contribution in [0, 0.1) is 0 Å². The molecule has 92 valence electrons. The number of hydrogen-bond acceptors (Lipinski definition) is 2. The molecule has 1 amide bonds. The fourth-order valence-corrected chi connectivity index (χ4v) is 2.33. The zero-order valence-corrected chi connectivity index (χ0v) is 11.0. The minimum atomic E-state index is -0.0678. The van der Waals surface area contributed by atoms with E-state index in [0.29, 0.717) is 35.3 Å². The third-order valence-corrected chi connectivity index (χ3v) is 3.24. The van der Waals surface area contributed by atoms with E-state index in [2.05, 4.69) is 0 Å². The highest BCUT2D eigenvalue weighted by Gasteiger charge is 2.23. The predicted molar refractivity (Wildman–Crippen MR) is 67.8 cm³/mol. The predicted octanol–water partition coefficient (Wildman–Crippen LogP) is 2.85. The maximum atomic E-state index is 12.2. The largest absolute Gasteiger partial charge is 0.375 e. The van der Waals surface area contributed by atoms with Gasteiger partial charge in [-0.05, 0) is 25.1 Å². The molecule has 1 aliphatic rings. The van der Waals surface area contributed by atoms with Crippen LogP contribution < -0.4 is 0 Å². The van der Waals surface area contributed by atoms with Gasteiger partial charge in [-0.1, -0.05) is 23.2 Å². The van der Waals surface area contributed by atoms with E-state index < -0.39 is 0 Å². The number of rotatable bonds is 1. The van der Waals surface area contributed by atoms with Gasteiger partial charge in [0.2, 0.25) is 0 Å². The summed E-state index contributed by atoms with van der Waals surface area (Å²) in [6, 6.07) is 4.91. The van der Waals surface area contributed by atoms with Crippen molar-refractivity contribution < 1.29 is 9.53 Å². The second kappa shape index (κ2) is 5.25. The van der Waals surface area contributed by atoms with Crippen LogP contribution in [0.25, 0.3) is 0 Å². The van der Waals surface area contributed by atoms with Gasteiger partial charge in [-0.2, -0.15) is 0 Å². The number of amides is 1. The Morgan fingerprint density at radius 2 is 2.24 bits per heavy atom. The average molecular weight is 274 g/mol. The van der Waals surface area contributed by atoms with Crippen molar-refractivity contribution in [2.24, 2.45) is 0 Å². The second-order valence-electron chi connectivity index (χ2n) is 4.06. The first-order valence-corrected chi connectivity index (χ1v) is 6.19. The minimum Gasteiger partial charge on any atom is -0.375 e. The highest BCUT2D eigenvalue weighted by atomic mass is 35.5. The van der Waals surface area contributed by atoms with Gasteiger partial charge in [0.1, 0.15) is 0 Å². The number of morpholine rings is 1. The van der Waals surface area contributed by atoms with E-state index in [-0.39, 0.29) is 12.0 Å². The first-order valence-electron chi connectivity index (χ1n) is 5.44. The van der Waals surface area contributed by atoms with Crippen molar-refractivity contribution in [3.8, 4) is 0 Å². The van der Waals surface area contributed by atoms with E-state index in [1.807, 2.05) is 6.92 Å². The van der Waals surface area contributed by atoms with Crippen molar-refractivity contribution in [1.82, 2.24) is 4.90 Å². The van der Waals surface area contributed by atoms with Gasteiger partial charge in [0.05, 0.1) is 23.3 Å². The fraction of sp³-hybridized carbons (Fsp3) is 0.417.